The highest BCUT2D eigenvalue weighted by atomic mass is 16.5. The highest BCUT2D eigenvalue weighted by Gasteiger charge is 2.32. The Bertz CT molecular complexity index is 1320. The van der Waals surface area contributed by atoms with Crippen molar-refractivity contribution in [2.24, 2.45) is 7.05 Å². The van der Waals surface area contributed by atoms with Crippen LogP contribution in [0.25, 0.3) is 11.4 Å². The molecule has 1 fully saturated rings. The van der Waals surface area contributed by atoms with Gasteiger partial charge in [-0.2, -0.15) is 0 Å². The van der Waals surface area contributed by atoms with Crippen LogP contribution in [0.5, 0.6) is 5.75 Å². The van der Waals surface area contributed by atoms with Crippen molar-refractivity contribution in [1.82, 2.24) is 24.4 Å². The van der Waals surface area contributed by atoms with Crippen LogP contribution in [0, 0.1) is 0 Å². The number of amides is 1. The number of ether oxygens (including phenoxy) is 1. The maximum absolute atomic E-state index is 13.6. The first-order valence-corrected chi connectivity index (χ1v) is 11.5. The Morgan fingerprint density at radius 3 is 2.85 bits per heavy atom. The lowest BCUT2D eigenvalue weighted by Crippen LogP contribution is -2.31. The number of hydrogen-bond acceptors (Lipinski definition) is 5. The Labute approximate surface area is 199 Å². The van der Waals surface area contributed by atoms with E-state index in [2.05, 4.69) is 9.97 Å². The van der Waals surface area contributed by atoms with E-state index >= 15 is 0 Å². The molecule has 4 aromatic rings. The number of rotatable bonds is 6. The van der Waals surface area contributed by atoms with Gasteiger partial charge in [-0.1, -0.05) is 24.3 Å². The molecule has 1 aliphatic heterocycles. The number of pyridine rings is 2. The van der Waals surface area contributed by atoms with E-state index in [4.69, 9.17) is 9.72 Å². The summed E-state index contributed by atoms with van der Waals surface area (Å²) in [5, 5.41) is 0. The fourth-order valence-corrected chi connectivity index (χ4v) is 4.62. The molecule has 0 radical (unpaired) electrons. The molecule has 0 spiro atoms. The van der Waals surface area contributed by atoms with Gasteiger partial charge in [0.15, 0.2) is 0 Å². The van der Waals surface area contributed by atoms with Crippen LogP contribution in [0.1, 0.15) is 46.2 Å². The van der Waals surface area contributed by atoms with Crippen molar-refractivity contribution in [1.29, 1.82) is 0 Å². The van der Waals surface area contributed by atoms with Crippen LogP contribution in [-0.2, 0) is 13.5 Å². The molecule has 4 heterocycles. The van der Waals surface area contributed by atoms with Crippen molar-refractivity contribution >= 4 is 5.91 Å². The van der Waals surface area contributed by atoms with Gasteiger partial charge in [0.25, 0.3) is 5.91 Å². The van der Waals surface area contributed by atoms with Gasteiger partial charge in [-0.05, 0) is 43.2 Å². The van der Waals surface area contributed by atoms with Gasteiger partial charge >= 0.3 is 0 Å². The number of imidazole rings is 1. The average molecular weight is 454 g/mol. The average Bonchev–Trinajstić information content (AvgIpc) is 3.53. The molecule has 0 N–H and O–H groups in total. The van der Waals surface area contributed by atoms with Crippen LogP contribution in [-0.4, -0.2) is 44.0 Å². The predicted octanol–water partition coefficient (Wildman–Crippen LogP) is 4.45. The van der Waals surface area contributed by atoms with E-state index in [9.17, 15) is 4.79 Å². The monoisotopic (exact) mass is 453 g/mol. The van der Waals surface area contributed by atoms with Crippen molar-refractivity contribution in [3.63, 3.8) is 0 Å². The fraction of sp³-hybridized carbons (Fsp3) is 0.259. The molecule has 0 unspecified atom stereocenters. The first-order valence-electron chi connectivity index (χ1n) is 11.5. The Morgan fingerprint density at radius 2 is 2.03 bits per heavy atom. The minimum atomic E-state index is -0.0495. The number of likely N-dealkylation sites (tertiary alicyclic amines) is 1. The largest absolute Gasteiger partial charge is 0.496 e. The number of nitrogens with zero attached hydrogens (tertiary/aromatic N) is 5. The molecule has 5 rings (SSSR count). The minimum Gasteiger partial charge on any atom is -0.496 e. The SMILES string of the molecule is COc1ccccc1Cc1cc(C(=O)N2CCC[C@@H]2c2cccc(-c3cncn3C)n2)ccn1. The molecule has 7 heteroatoms. The highest BCUT2D eigenvalue weighted by molar-refractivity contribution is 5.94. The molecule has 0 bridgehead atoms. The van der Waals surface area contributed by atoms with Crippen molar-refractivity contribution in [2.75, 3.05) is 13.7 Å². The third-order valence-electron chi connectivity index (χ3n) is 6.33. The Balaban J connectivity index is 1.39. The van der Waals surface area contributed by atoms with Gasteiger partial charge in [-0.3, -0.25) is 9.78 Å². The van der Waals surface area contributed by atoms with Crippen LogP contribution in [0.2, 0.25) is 0 Å². The zero-order chi connectivity index (χ0) is 23.5. The molecule has 1 atom stereocenters. The second-order valence-corrected chi connectivity index (χ2v) is 8.52. The Kier molecular flexibility index (Phi) is 6.08. The van der Waals surface area contributed by atoms with Gasteiger partial charge in [-0.25, -0.2) is 9.97 Å². The molecular formula is C27H27N5O2. The van der Waals surface area contributed by atoms with Crippen LogP contribution in [0.4, 0.5) is 0 Å². The maximum atomic E-state index is 13.6. The maximum Gasteiger partial charge on any atom is 0.254 e. The van der Waals surface area contributed by atoms with Crippen LogP contribution in [0.15, 0.2) is 73.3 Å². The zero-order valence-corrected chi connectivity index (χ0v) is 19.4. The summed E-state index contributed by atoms with van der Waals surface area (Å²) in [5.41, 5.74) is 5.25. The van der Waals surface area contributed by atoms with E-state index < -0.39 is 0 Å². The molecule has 1 aromatic carbocycles. The lowest BCUT2D eigenvalue weighted by Gasteiger charge is -2.25. The third kappa shape index (κ3) is 4.29. The van der Waals surface area contributed by atoms with E-state index in [0.717, 1.165) is 46.9 Å². The Morgan fingerprint density at radius 1 is 1.15 bits per heavy atom. The molecule has 1 saturated heterocycles. The molecule has 34 heavy (non-hydrogen) atoms. The number of methoxy groups -OCH3 is 1. The summed E-state index contributed by atoms with van der Waals surface area (Å²) in [4.78, 5) is 29.1. The molecule has 7 nitrogen and oxygen atoms in total. The smallest absolute Gasteiger partial charge is 0.254 e. The van der Waals surface area contributed by atoms with E-state index in [1.165, 1.54) is 0 Å². The lowest BCUT2D eigenvalue weighted by atomic mass is 10.1. The summed E-state index contributed by atoms with van der Waals surface area (Å²) in [6.07, 6.45) is 7.73. The summed E-state index contributed by atoms with van der Waals surface area (Å²) in [6.45, 7) is 0.714. The lowest BCUT2D eigenvalue weighted by molar-refractivity contribution is 0.0732. The van der Waals surface area contributed by atoms with E-state index in [0.29, 0.717) is 18.5 Å². The van der Waals surface area contributed by atoms with Crippen molar-refractivity contribution in [3.05, 3.63) is 95.8 Å². The van der Waals surface area contributed by atoms with Gasteiger partial charge in [0.1, 0.15) is 5.75 Å². The van der Waals surface area contributed by atoms with Crippen LogP contribution >= 0.6 is 0 Å². The second kappa shape index (κ2) is 9.47. The summed E-state index contributed by atoms with van der Waals surface area (Å²) >= 11 is 0. The van der Waals surface area contributed by atoms with Gasteiger partial charge < -0.3 is 14.2 Å². The number of aromatic nitrogens is 4. The van der Waals surface area contributed by atoms with Gasteiger partial charge in [0.05, 0.1) is 42.8 Å². The molecule has 1 amide bonds. The van der Waals surface area contributed by atoms with Crippen molar-refractivity contribution in [3.8, 4) is 17.1 Å². The predicted molar refractivity (Wildman–Crippen MR) is 129 cm³/mol. The summed E-state index contributed by atoms with van der Waals surface area (Å²) < 4.78 is 7.42. The molecule has 3 aromatic heterocycles. The fourth-order valence-electron chi connectivity index (χ4n) is 4.62. The first kappa shape index (κ1) is 21.8. The van der Waals surface area contributed by atoms with Crippen LogP contribution in [0.3, 0.4) is 0 Å². The number of benzene rings is 1. The molecule has 0 aliphatic carbocycles. The Hall–Kier alpha value is -4.00. The van der Waals surface area contributed by atoms with Crippen molar-refractivity contribution < 1.29 is 9.53 Å². The summed E-state index contributed by atoms with van der Waals surface area (Å²) in [6, 6.07) is 17.5. The second-order valence-electron chi connectivity index (χ2n) is 8.52. The minimum absolute atomic E-state index is 0.0129. The first-order chi connectivity index (χ1) is 16.6. The van der Waals surface area contributed by atoms with Gasteiger partial charge in [-0.15, -0.1) is 0 Å². The van der Waals surface area contributed by atoms with Crippen molar-refractivity contribution in [2.45, 2.75) is 25.3 Å². The topological polar surface area (TPSA) is 73.1 Å². The van der Waals surface area contributed by atoms with E-state index in [1.54, 1.807) is 25.7 Å². The third-order valence-corrected chi connectivity index (χ3v) is 6.33. The van der Waals surface area contributed by atoms with Crippen LogP contribution < -0.4 is 4.74 Å². The number of para-hydroxylation sites is 1. The molecule has 1 aliphatic rings. The highest BCUT2D eigenvalue weighted by Crippen LogP contribution is 2.33. The zero-order valence-electron chi connectivity index (χ0n) is 19.4. The van der Waals surface area contributed by atoms with Gasteiger partial charge in [0, 0.05) is 43.0 Å². The molecule has 172 valence electrons. The number of hydrogen-bond donors (Lipinski definition) is 0. The summed E-state index contributed by atoms with van der Waals surface area (Å²) in [5.74, 6) is 0.832. The van der Waals surface area contributed by atoms with E-state index in [-0.39, 0.29) is 11.9 Å². The number of carbonyl (C=O) groups is 1. The molecule has 0 saturated carbocycles. The standard InChI is InChI=1S/C27H27N5O2/c1-31-18-28-17-25(31)23-9-5-8-22(30-23)24-10-6-14-32(24)27(33)20-12-13-29-21(16-20)15-19-7-3-4-11-26(19)34-2/h3-5,7-9,11-13,16-18,24H,6,10,14-15H2,1-2H3/t24-/m1/s1. The van der Waals surface area contributed by atoms with Gasteiger partial charge in [0.2, 0.25) is 0 Å². The number of carbonyl (C=O) groups excluding carboxylic acids is 1. The normalized spacial score (nSPS) is 15.5. The quantitative estimate of drug-likeness (QED) is 0.431. The summed E-state index contributed by atoms with van der Waals surface area (Å²) in [7, 11) is 3.62. The van der Waals surface area contributed by atoms with E-state index in [1.807, 2.05) is 71.2 Å². The molecular weight excluding hydrogens is 426 g/mol. The number of aryl methyl sites for hydroxylation is 1.